The minimum Gasteiger partial charge on any atom is -0.399 e. The number of carbonyl (C=O) groups is 1. The number of nitrogens with one attached hydrogen (secondary N) is 1. The van der Waals surface area contributed by atoms with Gasteiger partial charge in [0.25, 0.3) is 5.91 Å². The van der Waals surface area contributed by atoms with Crippen molar-refractivity contribution in [3.05, 3.63) is 58.1 Å². The predicted octanol–water partition coefficient (Wildman–Crippen LogP) is 4.30. The van der Waals surface area contributed by atoms with Gasteiger partial charge in [0.05, 0.1) is 5.56 Å². The Morgan fingerprint density at radius 1 is 1.10 bits per heavy atom. The topological polar surface area (TPSA) is 55.1 Å². The van der Waals surface area contributed by atoms with E-state index in [-0.39, 0.29) is 10.2 Å². The van der Waals surface area contributed by atoms with Crippen molar-refractivity contribution < 1.29 is 18.0 Å². The normalized spacial score (nSPS) is 11.2. The lowest BCUT2D eigenvalue weighted by Crippen LogP contribution is -2.13. The Kier molecular flexibility index (Phi) is 4.22. The van der Waals surface area contributed by atoms with Crippen molar-refractivity contribution in [1.29, 1.82) is 0 Å². The van der Waals surface area contributed by atoms with Crippen molar-refractivity contribution in [2.24, 2.45) is 0 Å². The Hall–Kier alpha value is -2.02. The lowest BCUT2D eigenvalue weighted by atomic mass is 10.1. The van der Waals surface area contributed by atoms with Crippen LogP contribution in [0.15, 0.2) is 46.9 Å². The summed E-state index contributed by atoms with van der Waals surface area (Å²) >= 11 is 2.84. The number of nitrogens with two attached hydrogens (primary N) is 1. The van der Waals surface area contributed by atoms with Crippen LogP contribution in [0.2, 0.25) is 0 Å². The number of benzene rings is 2. The number of carbonyl (C=O) groups excluding carboxylic acids is 1. The van der Waals surface area contributed by atoms with Crippen LogP contribution < -0.4 is 11.1 Å². The third kappa shape index (κ3) is 3.75. The monoisotopic (exact) mass is 358 g/mol. The van der Waals surface area contributed by atoms with E-state index in [9.17, 15) is 18.0 Å². The number of hydrogen-bond acceptors (Lipinski definition) is 2. The van der Waals surface area contributed by atoms with Gasteiger partial charge in [0.15, 0.2) is 0 Å². The van der Waals surface area contributed by atoms with Gasteiger partial charge >= 0.3 is 6.18 Å². The Labute approximate surface area is 127 Å². The molecule has 0 unspecified atom stereocenters. The van der Waals surface area contributed by atoms with Crippen molar-refractivity contribution in [3.63, 3.8) is 0 Å². The number of halogens is 4. The fraction of sp³-hybridized carbons (Fsp3) is 0.0714. The summed E-state index contributed by atoms with van der Waals surface area (Å²) in [6.45, 7) is 0. The van der Waals surface area contributed by atoms with Crippen LogP contribution in [0.3, 0.4) is 0 Å². The highest BCUT2D eigenvalue weighted by Gasteiger charge is 2.33. The molecule has 3 nitrogen and oxygen atoms in total. The van der Waals surface area contributed by atoms with Gasteiger partial charge in [0.1, 0.15) is 0 Å². The molecule has 2 rings (SSSR count). The standard InChI is InChI=1S/C14H10BrF3N2O/c15-12-6-5-10(7-11(12)14(16,17)18)20-13(21)8-1-3-9(19)4-2-8/h1-7H,19H2,(H,20,21). The van der Waals surface area contributed by atoms with E-state index in [4.69, 9.17) is 5.73 Å². The van der Waals surface area contributed by atoms with Gasteiger partial charge in [-0.15, -0.1) is 0 Å². The molecule has 0 aliphatic heterocycles. The maximum absolute atomic E-state index is 12.8. The first-order valence-electron chi connectivity index (χ1n) is 5.81. The van der Waals surface area contributed by atoms with Crippen LogP contribution in [0.4, 0.5) is 24.5 Å². The average molecular weight is 359 g/mol. The van der Waals surface area contributed by atoms with Gasteiger partial charge in [-0.2, -0.15) is 13.2 Å². The summed E-state index contributed by atoms with van der Waals surface area (Å²) < 4.78 is 38.2. The first-order valence-corrected chi connectivity index (χ1v) is 6.60. The van der Waals surface area contributed by atoms with Crippen molar-refractivity contribution in [1.82, 2.24) is 0 Å². The molecule has 0 saturated carbocycles. The molecular formula is C14H10BrF3N2O. The third-order valence-corrected chi connectivity index (χ3v) is 3.39. The average Bonchev–Trinajstić information content (AvgIpc) is 2.40. The summed E-state index contributed by atoms with van der Waals surface area (Å²) in [6, 6.07) is 9.56. The van der Waals surface area contributed by atoms with Crippen LogP contribution in [0, 0.1) is 0 Å². The summed E-state index contributed by atoms with van der Waals surface area (Å²) in [5.74, 6) is -0.509. The quantitative estimate of drug-likeness (QED) is 0.786. The summed E-state index contributed by atoms with van der Waals surface area (Å²) in [5, 5.41) is 2.42. The molecule has 0 atom stereocenters. The second-order valence-electron chi connectivity index (χ2n) is 4.27. The van der Waals surface area contributed by atoms with Crippen molar-refractivity contribution >= 4 is 33.2 Å². The molecule has 0 radical (unpaired) electrons. The van der Waals surface area contributed by atoms with Gasteiger partial charge in [-0.1, -0.05) is 15.9 Å². The van der Waals surface area contributed by atoms with Crippen molar-refractivity contribution in [2.75, 3.05) is 11.1 Å². The van der Waals surface area contributed by atoms with E-state index in [1.807, 2.05) is 0 Å². The van der Waals surface area contributed by atoms with E-state index >= 15 is 0 Å². The van der Waals surface area contributed by atoms with Crippen LogP contribution in [-0.2, 0) is 6.18 Å². The SMILES string of the molecule is Nc1ccc(C(=O)Nc2ccc(Br)c(C(F)(F)F)c2)cc1. The molecule has 2 aromatic carbocycles. The minimum absolute atomic E-state index is 0.0624. The summed E-state index contributed by atoms with van der Waals surface area (Å²) in [7, 11) is 0. The molecule has 0 fully saturated rings. The molecule has 2 aromatic rings. The highest BCUT2D eigenvalue weighted by atomic mass is 79.9. The number of anilines is 2. The third-order valence-electron chi connectivity index (χ3n) is 2.70. The van der Waals surface area contributed by atoms with Crippen molar-refractivity contribution in [3.8, 4) is 0 Å². The zero-order valence-corrected chi connectivity index (χ0v) is 12.1. The Balaban J connectivity index is 2.24. The lowest BCUT2D eigenvalue weighted by molar-refractivity contribution is -0.138. The van der Waals surface area contributed by atoms with Gasteiger partial charge in [-0.25, -0.2) is 0 Å². The van der Waals surface area contributed by atoms with Crippen LogP contribution in [0.25, 0.3) is 0 Å². The molecule has 3 N–H and O–H groups in total. The molecule has 0 bridgehead atoms. The lowest BCUT2D eigenvalue weighted by Gasteiger charge is -2.12. The molecule has 0 heterocycles. The number of nitrogen functional groups attached to an aromatic ring is 1. The van der Waals surface area contributed by atoms with E-state index in [1.54, 1.807) is 0 Å². The van der Waals surface area contributed by atoms with Crippen molar-refractivity contribution in [2.45, 2.75) is 6.18 Å². The molecule has 1 amide bonds. The number of amides is 1. The Bertz CT molecular complexity index is 669. The van der Waals surface area contributed by atoms with Gasteiger partial charge in [-0.05, 0) is 42.5 Å². The fourth-order valence-corrected chi connectivity index (χ4v) is 2.13. The van der Waals surface area contributed by atoms with Gasteiger partial charge in [0, 0.05) is 21.4 Å². The predicted molar refractivity (Wildman–Crippen MR) is 78.0 cm³/mol. The molecule has 0 aliphatic carbocycles. The highest BCUT2D eigenvalue weighted by Crippen LogP contribution is 2.36. The molecule has 0 aliphatic rings. The number of rotatable bonds is 2. The van der Waals surface area contributed by atoms with Gasteiger partial charge in [0.2, 0.25) is 0 Å². The second kappa shape index (κ2) is 5.77. The highest BCUT2D eigenvalue weighted by molar-refractivity contribution is 9.10. The van der Waals surface area contributed by atoms with Crippen LogP contribution in [-0.4, -0.2) is 5.91 Å². The zero-order chi connectivity index (χ0) is 15.6. The fourth-order valence-electron chi connectivity index (χ4n) is 1.66. The van der Waals surface area contributed by atoms with E-state index in [0.717, 1.165) is 6.07 Å². The summed E-state index contributed by atoms with van der Waals surface area (Å²) in [5.41, 5.74) is 5.52. The minimum atomic E-state index is -4.50. The van der Waals surface area contributed by atoms with Gasteiger partial charge < -0.3 is 11.1 Å². The summed E-state index contributed by atoms with van der Waals surface area (Å²) in [4.78, 5) is 11.9. The molecular weight excluding hydrogens is 349 g/mol. The van der Waals surface area contributed by atoms with Gasteiger partial charge in [-0.3, -0.25) is 4.79 Å². The Morgan fingerprint density at radius 3 is 2.29 bits per heavy atom. The van der Waals surface area contributed by atoms with E-state index in [2.05, 4.69) is 21.2 Å². The maximum Gasteiger partial charge on any atom is 0.417 e. The molecule has 21 heavy (non-hydrogen) atoms. The number of alkyl halides is 3. The first-order chi connectivity index (χ1) is 9.77. The first kappa shape index (κ1) is 15.4. The molecule has 7 heteroatoms. The largest absolute Gasteiger partial charge is 0.417 e. The molecule has 0 saturated heterocycles. The van der Waals surface area contributed by atoms with Crippen LogP contribution in [0.5, 0.6) is 0 Å². The van der Waals surface area contributed by atoms with E-state index < -0.39 is 17.6 Å². The molecule has 0 spiro atoms. The van der Waals surface area contributed by atoms with Crippen LogP contribution >= 0.6 is 15.9 Å². The number of hydrogen-bond donors (Lipinski definition) is 2. The second-order valence-corrected chi connectivity index (χ2v) is 5.12. The molecule has 0 aromatic heterocycles. The maximum atomic E-state index is 12.8. The van der Waals surface area contributed by atoms with E-state index in [0.29, 0.717) is 11.3 Å². The van der Waals surface area contributed by atoms with Crippen LogP contribution in [0.1, 0.15) is 15.9 Å². The molecule has 110 valence electrons. The Morgan fingerprint density at radius 2 is 1.71 bits per heavy atom. The summed E-state index contributed by atoms with van der Waals surface area (Å²) in [6.07, 6.45) is -4.50. The smallest absolute Gasteiger partial charge is 0.399 e. The van der Waals surface area contributed by atoms with E-state index in [1.165, 1.54) is 36.4 Å². The zero-order valence-electron chi connectivity index (χ0n) is 10.5.